The fourth-order valence-corrected chi connectivity index (χ4v) is 1.90. The predicted molar refractivity (Wildman–Crippen MR) is 64.0 cm³/mol. The molecule has 0 fully saturated rings. The lowest BCUT2D eigenvalue weighted by Crippen LogP contribution is -2.17. The van der Waals surface area contributed by atoms with Gasteiger partial charge < -0.3 is 9.84 Å². The summed E-state index contributed by atoms with van der Waals surface area (Å²) in [4.78, 5) is 0. The van der Waals surface area contributed by atoms with Crippen molar-refractivity contribution in [3.8, 4) is 0 Å². The molecular weight excluding hydrogens is 200 g/mol. The van der Waals surface area contributed by atoms with Crippen LogP contribution in [-0.2, 0) is 11.2 Å². The lowest BCUT2D eigenvalue weighted by molar-refractivity contribution is 0.0869. The van der Waals surface area contributed by atoms with E-state index in [1.54, 1.807) is 0 Å². The molecule has 16 heavy (non-hydrogen) atoms. The molecule has 1 aromatic carbocycles. The largest absolute Gasteiger partial charge is 0.496 e. The summed E-state index contributed by atoms with van der Waals surface area (Å²) in [6.45, 7) is 0.744. The van der Waals surface area contributed by atoms with Gasteiger partial charge in [-0.15, -0.1) is 0 Å². The first-order valence-corrected chi connectivity index (χ1v) is 5.91. The quantitative estimate of drug-likeness (QED) is 0.842. The molecule has 1 aromatic rings. The predicted octanol–water partition coefficient (Wildman–Crippen LogP) is 2.67. The number of aryl methyl sites for hydroxylation is 1. The molecule has 0 saturated heterocycles. The van der Waals surface area contributed by atoms with Crippen molar-refractivity contribution in [2.45, 2.75) is 31.8 Å². The number of rotatable bonds is 4. The standard InChI is InChI=1S/C14H18O2/c15-13(14-8-4-5-11-16-14)10-9-12-6-2-1-3-7-12/h1-3,6-8,13,15H,4-5,9-11H2. The van der Waals surface area contributed by atoms with Gasteiger partial charge in [0, 0.05) is 0 Å². The van der Waals surface area contributed by atoms with Gasteiger partial charge in [-0.05, 0) is 37.3 Å². The van der Waals surface area contributed by atoms with E-state index in [4.69, 9.17) is 4.74 Å². The highest BCUT2D eigenvalue weighted by Gasteiger charge is 2.14. The summed E-state index contributed by atoms with van der Waals surface area (Å²) < 4.78 is 5.44. The lowest BCUT2D eigenvalue weighted by atomic mass is 10.0. The first-order chi connectivity index (χ1) is 7.86. The van der Waals surface area contributed by atoms with Crippen LogP contribution in [0.4, 0.5) is 0 Å². The summed E-state index contributed by atoms with van der Waals surface area (Å²) in [6, 6.07) is 10.2. The van der Waals surface area contributed by atoms with Gasteiger partial charge in [0.1, 0.15) is 11.9 Å². The van der Waals surface area contributed by atoms with Crippen molar-refractivity contribution in [2.75, 3.05) is 6.61 Å². The molecule has 86 valence electrons. The smallest absolute Gasteiger partial charge is 0.120 e. The number of aliphatic hydroxyl groups excluding tert-OH is 1. The van der Waals surface area contributed by atoms with Gasteiger partial charge in [0.15, 0.2) is 0 Å². The topological polar surface area (TPSA) is 29.5 Å². The second-order valence-electron chi connectivity index (χ2n) is 4.14. The maximum absolute atomic E-state index is 9.94. The molecule has 0 saturated carbocycles. The van der Waals surface area contributed by atoms with Gasteiger partial charge in [0.2, 0.25) is 0 Å². The number of ether oxygens (including phenoxy) is 1. The van der Waals surface area contributed by atoms with E-state index in [1.807, 2.05) is 24.3 Å². The second kappa shape index (κ2) is 5.71. The zero-order valence-corrected chi connectivity index (χ0v) is 9.43. The molecule has 0 spiro atoms. The van der Waals surface area contributed by atoms with E-state index < -0.39 is 6.10 Å². The molecule has 0 amide bonds. The van der Waals surface area contributed by atoms with E-state index in [1.165, 1.54) is 5.56 Å². The van der Waals surface area contributed by atoms with Crippen molar-refractivity contribution in [3.63, 3.8) is 0 Å². The van der Waals surface area contributed by atoms with Crippen molar-refractivity contribution in [2.24, 2.45) is 0 Å². The molecule has 0 aromatic heterocycles. The summed E-state index contributed by atoms with van der Waals surface area (Å²) >= 11 is 0. The molecule has 1 N–H and O–H groups in total. The molecule has 0 radical (unpaired) electrons. The van der Waals surface area contributed by atoms with Crippen LogP contribution < -0.4 is 0 Å². The molecule has 1 aliphatic rings. The molecule has 2 nitrogen and oxygen atoms in total. The lowest BCUT2D eigenvalue weighted by Gasteiger charge is -2.19. The summed E-state index contributed by atoms with van der Waals surface area (Å²) in [6.07, 6.45) is 5.28. The summed E-state index contributed by atoms with van der Waals surface area (Å²) in [5.41, 5.74) is 1.26. The Morgan fingerprint density at radius 1 is 1.25 bits per heavy atom. The van der Waals surface area contributed by atoms with E-state index in [-0.39, 0.29) is 0 Å². The number of aliphatic hydroxyl groups is 1. The Labute approximate surface area is 96.6 Å². The van der Waals surface area contributed by atoms with Crippen molar-refractivity contribution < 1.29 is 9.84 Å². The van der Waals surface area contributed by atoms with Crippen molar-refractivity contribution in [3.05, 3.63) is 47.7 Å². The zero-order valence-electron chi connectivity index (χ0n) is 9.43. The van der Waals surface area contributed by atoms with Crippen LogP contribution in [0, 0.1) is 0 Å². The monoisotopic (exact) mass is 218 g/mol. The average molecular weight is 218 g/mol. The van der Waals surface area contributed by atoms with Gasteiger partial charge >= 0.3 is 0 Å². The molecule has 2 rings (SSSR count). The average Bonchev–Trinajstić information content (AvgIpc) is 2.38. The highest BCUT2D eigenvalue weighted by Crippen LogP contribution is 2.17. The first-order valence-electron chi connectivity index (χ1n) is 5.91. The highest BCUT2D eigenvalue weighted by atomic mass is 16.5. The molecular formula is C14H18O2. The van der Waals surface area contributed by atoms with Crippen molar-refractivity contribution in [1.29, 1.82) is 0 Å². The van der Waals surface area contributed by atoms with E-state index in [9.17, 15) is 5.11 Å². The van der Waals surface area contributed by atoms with Gasteiger partial charge in [0.05, 0.1) is 6.61 Å². The Hall–Kier alpha value is -1.28. The molecule has 1 unspecified atom stereocenters. The van der Waals surface area contributed by atoms with Gasteiger partial charge in [-0.25, -0.2) is 0 Å². The summed E-state index contributed by atoms with van der Waals surface area (Å²) in [7, 11) is 0. The maximum Gasteiger partial charge on any atom is 0.120 e. The Morgan fingerprint density at radius 2 is 2.06 bits per heavy atom. The van der Waals surface area contributed by atoms with Crippen LogP contribution in [0.3, 0.4) is 0 Å². The van der Waals surface area contributed by atoms with Gasteiger partial charge in [-0.2, -0.15) is 0 Å². The third kappa shape index (κ3) is 3.11. The van der Waals surface area contributed by atoms with E-state index >= 15 is 0 Å². The number of hydrogen-bond donors (Lipinski definition) is 1. The van der Waals surface area contributed by atoms with Crippen LogP contribution in [0.1, 0.15) is 24.8 Å². The minimum atomic E-state index is -0.444. The van der Waals surface area contributed by atoms with Crippen LogP contribution in [-0.4, -0.2) is 17.8 Å². The third-order valence-electron chi connectivity index (χ3n) is 2.84. The van der Waals surface area contributed by atoms with Crippen LogP contribution in [0.2, 0.25) is 0 Å². The normalized spacial score (nSPS) is 17.4. The SMILES string of the molecule is OC(CCc1ccccc1)C1=CCCCO1. The minimum Gasteiger partial charge on any atom is -0.496 e. The highest BCUT2D eigenvalue weighted by molar-refractivity contribution is 5.15. The first kappa shape index (κ1) is 11.2. The molecule has 0 aliphatic carbocycles. The summed E-state index contributed by atoms with van der Waals surface area (Å²) in [5, 5.41) is 9.94. The Kier molecular flexibility index (Phi) is 4.00. The Morgan fingerprint density at radius 3 is 2.75 bits per heavy atom. The molecule has 1 aliphatic heterocycles. The van der Waals surface area contributed by atoms with Crippen molar-refractivity contribution >= 4 is 0 Å². The van der Waals surface area contributed by atoms with Crippen LogP contribution in [0.25, 0.3) is 0 Å². The van der Waals surface area contributed by atoms with Crippen molar-refractivity contribution in [1.82, 2.24) is 0 Å². The third-order valence-corrected chi connectivity index (χ3v) is 2.84. The zero-order chi connectivity index (χ0) is 11.2. The van der Waals surface area contributed by atoms with Gasteiger partial charge in [-0.1, -0.05) is 30.3 Å². The number of benzene rings is 1. The molecule has 1 heterocycles. The van der Waals surface area contributed by atoms with Gasteiger partial charge in [-0.3, -0.25) is 0 Å². The Balaban J connectivity index is 1.83. The minimum absolute atomic E-state index is 0.444. The molecule has 1 atom stereocenters. The van der Waals surface area contributed by atoms with Gasteiger partial charge in [0.25, 0.3) is 0 Å². The van der Waals surface area contributed by atoms with E-state index in [0.29, 0.717) is 0 Å². The van der Waals surface area contributed by atoms with E-state index in [0.717, 1.165) is 38.0 Å². The second-order valence-corrected chi connectivity index (χ2v) is 4.14. The van der Waals surface area contributed by atoms with E-state index in [2.05, 4.69) is 12.1 Å². The fraction of sp³-hybridized carbons (Fsp3) is 0.429. The van der Waals surface area contributed by atoms with Crippen LogP contribution in [0.15, 0.2) is 42.2 Å². The molecule has 2 heteroatoms. The molecule has 0 bridgehead atoms. The maximum atomic E-state index is 9.94. The van der Waals surface area contributed by atoms with Crippen LogP contribution >= 0.6 is 0 Å². The fourth-order valence-electron chi connectivity index (χ4n) is 1.90. The number of allylic oxidation sites excluding steroid dienone is 1. The summed E-state index contributed by atoms with van der Waals surface area (Å²) in [5.74, 6) is 0.766. The number of hydrogen-bond acceptors (Lipinski definition) is 2. The Bertz CT molecular complexity index is 343. The van der Waals surface area contributed by atoms with Crippen LogP contribution in [0.5, 0.6) is 0 Å².